The first-order chi connectivity index (χ1) is 9.06. The highest BCUT2D eigenvalue weighted by Crippen LogP contribution is 2.22. The number of benzene rings is 1. The summed E-state index contributed by atoms with van der Waals surface area (Å²) < 4.78 is 0. The van der Waals surface area contributed by atoms with E-state index in [1.165, 1.54) is 11.1 Å². The van der Waals surface area contributed by atoms with Crippen molar-refractivity contribution in [3.8, 4) is 0 Å². The molecule has 1 fully saturated rings. The Bertz CT molecular complexity index is 452. The van der Waals surface area contributed by atoms with Crippen LogP contribution in [-0.4, -0.2) is 17.1 Å². The molecule has 0 aliphatic heterocycles. The first-order valence-corrected chi connectivity index (χ1v) is 7.11. The molecule has 2 N–H and O–H groups in total. The summed E-state index contributed by atoms with van der Waals surface area (Å²) in [6.07, 6.45) is 3.66. The summed E-state index contributed by atoms with van der Waals surface area (Å²) in [5, 5.41) is 13.1. The maximum absolute atomic E-state index is 11.5. The molecule has 1 aliphatic carbocycles. The van der Waals surface area contributed by atoms with E-state index in [0.29, 0.717) is 18.9 Å². The summed E-state index contributed by atoms with van der Waals surface area (Å²) in [5.41, 5.74) is 3.38. The number of carbonyl (C=O) groups excluding carboxylic acids is 1. The Kier molecular flexibility index (Phi) is 4.59. The number of hydrogen-bond donors (Lipinski definition) is 2. The number of carbonyl (C=O) groups is 1. The van der Waals surface area contributed by atoms with Gasteiger partial charge in [-0.15, -0.1) is 0 Å². The topological polar surface area (TPSA) is 49.3 Å². The van der Waals surface area contributed by atoms with Gasteiger partial charge in [0.15, 0.2) is 0 Å². The van der Waals surface area contributed by atoms with E-state index in [0.717, 1.165) is 24.8 Å². The first kappa shape index (κ1) is 14.1. The van der Waals surface area contributed by atoms with Crippen LogP contribution in [0.1, 0.15) is 54.9 Å². The molecule has 3 nitrogen and oxygen atoms in total. The van der Waals surface area contributed by atoms with Crippen molar-refractivity contribution < 1.29 is 9.90 Å². The quantitative estimate of drug-likeness (QED) is 0.827. The van der Waals surface area contributed by atoms with Gasteiger partial charge in [-0.25, -0.2) is 0 Å². The number of hydrogen-bond acceptors (Lipinski definition) is 2. The van der Waals surface area contributed by atoms with E-state index >= 15 is 0 Å². The molecule has 19 heavy (non-hydrogen) atoms. The Balaban J connectivity index is 1.75. The largest absolute Gasteiger partial charge is 0.388 e. The lowest BCUT2D eigenvalue weighted by Gasteiger charge is -2.12. The molecule has 1 aromatic rings. The molecule has 1 aliphatic rings. The van der Waals surface area contributed by atoms with Crippen molar-refractivity contribution in [3.63, 3.8) is 0 Å². The second-order valence-electron chi connectivity index (χ2n) is 5.59. The third kappa shape index (κ3) is 4.35. The minimum atomic E-state index is -0.465. The summed E-state index contributed by atoms with van der Waals surface area (Å²) in [4.78, 5) is 11.5. The average Bonchev–Trinajstić information content (AvgIpc) is 3.16. The lowest BCUT2D eigenvalue weighted by molar-refractivity contribution is -0.121. The van der Waals surface area contributed by atoms with Gasteiger partial charge in [-0.05, 0) is 56.2 Å². The molecule has 1 aromatic carbocycles. The molecule has 104 valence electrons. The highest BCUT2D eigenvalue weighted by atomic mass is 16.3. The SMILES string of the molecule is Cc1ccc(C(O)CCCC(=O)NC2CC2)cc1C. The molecule has 0 bridgehead atoms. The molecular weight excluding hydrogens is 238 g/mol. The van der Waals surface area contributed by atoms with Gasteiger partial charge in [0, 0.05) is 12.5 Å². The normalized spacial score (nSPS) is 16.2. The Morgan fingerprint density at radius 2 is 2.11 bits per heavy atom. The molecule has 1 atom stereocenters. The summed E-state index contributed by atoms with van der Waals surface area (Å²) >= 11 is 0. The fourth-order valence-corrected chi connectivity index (χ4v) is 2.12. The van der Waals surface area contributed by atoms with E-state index in [1.807, 2.05) is 18.2 Å². The number of aliphatic hydroxyl groups excluding tert-OH is 1. The van der Waals surface area contributed by atoms with Gasteiger partial charge in [-0.2, -0.15) is 0 Å². The van der Waals surface area contributed by atoms with Crippen molar-refractivity contribution >= 4 is 5.91 Å². The summed E-state index contributed by atoms with van der Waals surface area (Å²) in [7, 11) is 0. The summed E-state index contributed by atoms with van der Waals surface area (Å²) in [6, 6.07) is 6.46. The Labute approximate surface area is 115 Å². The predicted molar refractivity (Wildman–Crippen MR) is 75.9 cm³/mol. The monoisotopic (exact) mass is 261 g/mol. The molecule has 1 unspecified atom stereocenters. The van der Waals surface area contributed by atoms with Crippen LogP contribution in [0.3, 0.4) is 0 Å². The minimum Gasteiger partial charge on any atom is -0.388 e. The van der Waals surface area contributed by atoms with Crippen molar-refractivity contribution in [2.75, 3.05) is 0 Å². The van der Waals surface area contributed by atoms with Gasteiger partial charge in [-0.1, -0.05) is 18.2 Å². The number of amides is 1. The van der Waals surface area contributed by atoms with Crippen LogP contribution in [0.5, 0.6) is 0 Å². The number of aryl methyl sites for hydroxylation is 2. The molecular formula is C16H23NO2. The van der Waals surface area contributed by atoms with Crippen molar-refractivity contribution in [1.29, 1.82) is 0 Å². The second kappa shape index (κ2) is 6.20. The van der Waals surface area contributed by atoms with E-state index in [2.05, 4.69) is 19.2 Å². The van der Waals surface area contributed by atoms with Crippen LogP contribution in [0.15, 0.2) is 18.2 Å². The summed E-state index contributed by atoms with van der Waals surface area (Å²) in [5.74, 6) is 0.120. The van der Waals surface area contributed by atoms with Crippen molar-refractivity contribution in [1.82, 2.24) is 5.32 Å². The Morgan fingerprint density at radius 3 is 2.74 bits per heavy atom. The molecule has 2 rings (SSSR count). The molecule has 1 saturated carbocycles. The van der Waals surface area contributed by atoms with Crippen LogP contribution >= 0.6 is 0 Å². The number of nitrogens with one attached hydrogen (secondary N) is 1. The lowest BCUT2D eigenvalue weighted by Crippen LogP contribution is -2.24. The summed E-state index contributed by atoms with van der Waals surface area (Å²) in [6.45, 7) is 4.11. The standard InChI is InChI=1S/C16H23NO2/c1-11-6-7-13(10-12(11)2)15(18)4-3-5-16(19)17-14-8-9-14/h6-7,10,14-15,18H,3-5,8-9H2,1-2H3,(H,17,19). The Hall–Kier alpha value is -1.35. The Morgan fingerprint density at radius 1 is 1.37 bits per heavy atom. The maximum Gasteiger partial charge on any atom is 0.220 e. The highest BCUT2D eigenvalue weighted by Gasteiger charge is 2.22. The van der Waals surface area contributed by atoms with Crippen LogP contribution in [0.2, 0.25) is 0 Å². The molecule has 0 saturated heterocycles. The van der Waals surface area contributed by atoms with Crippen LogP contribution < -0.4 is 5.32 Å². The predicted octanol–water partition coefficient (Wildman–Crippen LogP) is 2.79. The van der Waals surface area contributed by atoms with E-state index in [9.17, 15) is 9.90 Å². The molecule has 0 radical (unpaired) electrons. The van der Waals surface area contributed by atoms with Gasteiger partial charge >= 0.3 is 0 Å². The third-order valence-electron chi connectivity index (χ3n) is 3.74. The number of aliphatic hydroxyl groups is 1. The van der Waals surface area contributed by atoms with Gasteiger partial charge in [0.05, 0.1) is 6.10 Å². The van der Waals surface area contributed by atoms with E-state index in [1.54, 1.807) is 0 Å². The zero-order valence-electron chi connectivity index (χ0n) is 11.8. The van der Waals surface area contributed by atoms with Gasteiger partial charge in [0.1, 0.15) is 0 Å². The van der Waals surface area contributed by atoms with Crippen LogP contribution in [0, 0.1) is 13.8 Å². The fraction of sp³-hybridized carbons (Fsp3) is 0.562. The third-order valence-corrected chi connectivity index (χ3v) is 3.74. The van der Waals surface area contributed by atoms with Gasteiger partial charge in [0.2, 0.25) is 5.91 Å². The van der Waals surface area contributed by atoms with Crippen LogP contribution in [0.4, 0.5) is 0 Å². The zero-order valence-corrected chi connectivity index (χ0v) is 11.8. The number of rotatable bonds is 6. The highest BCUT2D eigenvalue weighted by molar-refractivity contribution is 5.76. The molecule has 3 heteroatoms. The van der Waals surface area contributed by atoms with Crippen LogP contribution in [0.25, 0.3) is 0 Å². The molecule has 0 heterocycles. The molecule has 0 aromatic heterocycles. The maximum atomic E-state index is 11.5. The van der Waals surface area contributed by atoms with E-state index in [-0.39, 0.29) is 5.91 Å². The van der Waals surface area contributed by atoms with Crippen molar-refractivity contribution in [3.05, 3.63) is 34.9 Å². The minimum absolute atomic E-state index is 0.120. The molecule has 0 spiro atoms. The van der Waals surface area contributed by atoms with Crippen LogP contribution in [-0.2, 0) is 4.79 Å². The van der Waals surface area contributed by atoms with Crippen molar-refractivity contribution in [2.24, 2.45) is 0 Å². The lowest BCUT2D eigenvalue weighted by atomic mass is 9.99. The first-order valence-electron chi connectivity index (χ1n) is 7.11. The van der Waals surface area contributed by atoms with Gasteiger partial charge in [0.25, 0.3) is 0 Å². The van der Waals surface area contributed by atoms with Crippen molar-refractivity contribution in [2.45, 2.75) is 58.1 Å². The molecule has 1 amide bonds. The second-order valence-corrected chi connectivity index (χ2v) is 5.59. The van der Waals surface area contributed by atoms with Gasteiger partial charge in [-0.3, -0.25) is 4.79 Å². The smallest absolute Gasteiger partial charge is 0.220 e. The van der Waals surface area contributed by atoms with Gasteiger partial charge < -0.3 is 10.4 Å². The zero-order chi connectivity index (χ0) is 13.8. The van der Waals surface area contributed by atoms with E-state index < -0.39 is 6.10 Å². The van der Waals surface area contributed by atoms with E-state index in [4.69, 9.17) is 0 Å². The fourth-order valence-electron chi connectivity index (χ4n) is 2.12. The average molecular weight is 261 g/mol.